The fraction of sp³-hybridized carbons (Fsp3) is 0.421. The van der Waals surface area contributed by atoms with Crippen molar-refractivity contribution in [2.24, 2.45) is 0 Å². The van der Waals surface area contributed by atoms with Gasteiger partial charge < -0.3 is 9.47 Å². The fourth-order valence-corrected chi connectivity index (χ4v) is 3.76. The second kappa shape index (κ2) is 6.70. The summed E-state index contributed by atoms with van der Waals surface area (Å²) in [6.45, 7) is 4.03. The number of nitrogens with one attached hydrogen (secondary N) is 1. The van der Waals surface area contributed by atoms with Crippen molar-refractivity contribution in [2.45, 2.75) is 38.6 Å². The Labute approximate surface area is 146 Å². The summed E-state index contributed by atoms with van der Waals surface area (Å²) in [5, 5.41) is 7.10. The minimum atomic E-state index is 0.169. The van der Waals surface area contributed by atoms with E-state index in [1.807, 2.05) is 35.2 Å². The molecule has 1 aromatic carbocycles. The molecule has 1 fully saturated rings. The average molecular weight is 337 g/mol. The number of likely N-dealkylation sites (tertiary alicyclic amines) is 1. The van der Waals surface area contributed by atoms with Gasteiger partial charge in [0.2, 0.25) is 5.91 Å². The topological polar surface area (TPSA) is 66.8 Å². The van der Waals surface area contributed by atoms with Gasteiger partial charge in [0.1, 0.15) is 12.4 Å². The molecule has 3 heterocycles. The first-order valence-electron chi connectivity index (χ1n) is 8.97. The first kappa shape index (κ1) is 15.9. The highest BCUT2D eigenvalue weighted by molar-refractivity contribution is 5.81. The molecule has 0 aliphatic carbocycles. The SMILES string of the molecule is CCc1nc2ccccc2n1CC(=O)N1CCCC(c2ccn[nH]2)C1. The van der Waals surface area contributed by atoms with E-state index < -0.39 is 0 Å². The van der Waals surface area contributed by atoms with Crippen LogP contribution < -0.4 is 0 Å². The number of benzene rings is 1. The number of imidazole rings is 1. The van der Waals surface area contributed by atoms with Gasteiger partial charge in [-0.3, -0.25) is 9.89 Å². The maximum Gasteiger partial charge on any atom is 0.242 e. The minimum absolute atomic E-state index is 0.169. The zero-order valence-corrected chi connectivity index (χ0v) is 14.5. The third-order valence-corrected chi connectivity index (χ3v) is 5.08. The predicted octanol–water partition coefficient (Wildman–Crippen LogP) is 2.73. The van der Waals surface area contributed by atoms with Crippen molar-refractivity contribution in [3.63, 3.8) is 0 Å². The van der Waals surface area contributed by atoms with Crippen LogP contribution in [0, 0.1) is 0 Å². The molecule has 1 amide bonds. The summed E-state index contributed by atoms with van der Waals surface area (Å²) in [6.07, 6.45) is 4.72. The number of aromatic nitrogens is 4. The highest BCUT2D eigenvalue weighted by Crippen LogP contribution is 2.26. The zero-order chi connectivity index (χ0) is 17.2. The number of nitrogens with zero attached hydrogens (tertiary/aromatic N) is 4. The molecular weight excluding hydrogens is 314 g/mol. The summed E-state index contributed by atoms with van der Waals surface area (Å²) in [6, 6.07) is 10.0. The van der Waals surface area contributed by atoms with Gasteiger partial charge in [-0.25, -0.2) is 4.98 Å². The highest BCUT2D eigenvalue weighted by atomic mass is 16.2. The number of hydrogen-bond acceptors (Lipinski definition) is 3. The molecule has 4 rings (SSSR count). The minimum Gasteiger partial charge on any atom is -0.340 e. The zero-order valence-electron chi connectivity index (χ0n) is 14.5. The molecule has 25 heavy (non-hydrogen) atoms. The molecule has 0 spiro atoms. The molecule has 1 N–H and O–H groups in total. The molecule has 6 heteroatoms. The summed E-state index contributed by atoms with van der Waals surface area (Å²) in [4.78, 5) is 19.6. The van der Waals surface area contributed by atoms with E-state index in [1.54, 1.807) is 6.20 Å². The Bertz CT molecular complexity index is 867. The van der Waals surface area contributed by atoms with Crippen LogP contribution in [0.3, 0.4) is 0 Å². The van der Waals surface area contributed by atoms with Crippen molar-refractivity contribution >= 4 is 16.9 Å². The van der Waals surface area contributed by atoms with Crippen molar-refractivity contribution in [1.82, 2.24) is 24.6 Å². The Morgan fingerprint density at radius 3 is 3.00 bits per heavy atom. The molecular formula is C19H23N5O. The van der Waals surface area contributed by atoms with E-state index in [0.29, 0.717) is 12.5 Å². The molecule has 1 saturated heterocycles. The number of fused-ring (bicyclic) bond motifs is 1. The molecule has 0 radical (unpaired) electrons. The predicted molar refractivity (Wildman–Crippen MR) is 96.3 cm³/mol. The molecule has 0 bridgehead atoms. The van der Waals surface area contributed by atoms with Gasteiger partial charge in [-0.15, -0.1) is 0 Å². The van der Waals surface area contributed by atoms with Gasteiger partial charge in [0.25, 0.3) is 0 Å². The molecule has 1 aliphatic rings. The third kappa shape index (κ3) is 3.04. The van der Waals surface area contributed by atoms with Crippen LogP contribution in [-0.2, 0) is 17.8 Å². The summed E-state index contributed by atoms with van der Waals surface area (Å²) < 4.78 is 2.07. The van der Waals surface area contributed by atoms with Gasteiger partial charge in [-0.2, -0.15) is 5.10 Å². The van der Waals surface area contributed by atoms with Crippen LogP contribution in [0.4, 0.5) is 0 Å². The number of piperidine rings is 1. The summed E-state index contributed by atoms with van der Waals surface area (Å²) in [5.74, 6) is 1.49. The van der Waals surface area contributed by atoms with Gasteiger partial charge in [-0.1, -0.05) is 19.1 Å². The molecule has 0 saturated carbocycles. The van der Waals surface area contributed by atoms with E-state index >= 15 is 0 Å². The average Bonchev–Trinajstić information content (AvgIpc) is 3.30. The van der Waals surface area contributed by atoms with Gasteiger partial charge in [0.05, 0.1) is 11.0 Å². The van der Waals surface area contributed by atoms with E-state index in [9.17, 15) is 4.79 Å². The standard InChI is InChI=1S/C19H23N5O/c1-2-18-21-16-7-3-4-8-17(16)24(18)13-19(25)23-11-5-6-14(12-23)15-9-10-20-22-15/h3-4,7-10,14H,2,5-6,11-13H2,1H3,(H,20,22). The molecule has 3 aromatic rings. The summed E-state index contributed by atoms with van der Waals surface area (Å²) >= 11 is 0. The van der Waals surface area contributed by atoms with Crippen molar-refractivity contribution in [1.29, 1.82) is 0 Å². The van der Waals surface area contributed by atoms with E-state index in [-0.39, 0.29) is 5.91 Å². The quantitative estimate of drug-likeness (QED) is 0.796. The first-order valence-corrected chi connectivity index (χ1v) is 8.97. The number of carbonyl (C=O) groups excluding carboxylic acids is 1. The molecule has 6 nitrogen and oxygen atoms in total. The Morgan fingerprint density at radius 1 is 1.32 bits per heavy atom. The van der Waals surface area contributed by atoms with Gasteiger partial charge in [0.15, 0.2) is 0 Å². The number of hydrogen-bond donors (Lipinski definition) is 1. The van der Waals surface area contributed by atoms with Crippen molar-refractivity contribution < 1.29 is 4.79 Å². The second-order valence-corrected chi connectivity index (χ2v) is 6.65. The number of amides is 1. The van der Waals surface area contributed by atoms with E-state index in [0.717, 1.165) is 54.9 Å². The maximum absolute atomic E-state index is 12.9. The first-order chi connectivity index (χ1) is 12.3. The summed E-state index contributed by atoms with van der Waals surface area (Å²) in [7, 11) is 0. The van der Waals surface area contributed by atoms with Gasteiger partial charge >= 0.3 is 0 Å². The Kier molecular flexibility index (Phi) is 4.26. The lowest BCUT2D eigenvalue weighted by Gasteiger charge is -2.32. The number of aromatic amines is 1. The van der Waals surface area contributed by atoms with Crippen LogP contribution in [0.2, 0.25) is 0 Å². The molecule has 130 valence electrons. The normalized spacial score (nSPS) is 18.0. The van der Waals surface area contributed by atoms with E-state index in [2.05, 4.69) is 26.7 Å². The fourth-order valence-electron chi connectivity index (χ4n) is 3.76. The van der Waals surface area contributed by atoms with Crippen LogP contribution in [0.15, 0.2) is 36.5 Å². The Morgan fingerprint density at radius 2 is 2.20 bits per heavy atom. The molecule has 1 atom stereocenters. The lowest BCUT2D eigenvalue weighted by Crippen LogP contribution is -2.41. The van der Waals surface area contributed by atoms with Crippen LogP contribution in [-0.4, -0.2) is 43.6 Å². The van der Waals surface area contributed by atoms with Crippen molar-refractivity contribution in [3.8, 4) is 0 Å². The van der Waals surface area contributed by atoms with Crippen LogP contribution in [0.25, 0.3) is 11.0 Å². The number of H-pyrrole nitrogens is 1. The van der Waals surface area contributed by atoms with Crippen LogP contribution >= 0.6 is 0 Å². The van der Waals surface area contributed by atoms with Gasteiger partial charge in [0, 0.05) is 37.3 Å². The lowest BCUT2D eigenvalue weighted by atomic mass is 9.95. The monoisotopic (exact) mass is 337 g/mol. The Hall–Kier alpha value is -2.63. The van der Waals surface area contributed by atoms with Crippen molar-refractivity contribution in [2.75, 3.05) is 13.1 Å². The number of para-hydroxylation sites is 2. The van der Waals surface area contributed by atoms with Gasteiger partial charge in [-0.05, 0) is 31.0 Å². The van der Waals surface area contributed by atoms with Crippen molar-refractivity contribution in [3.05, 3.63) is 48.0 Å². The largest absolute Gasteiger partial charge is 0.340 e. The van der Waals surface area contributed by atoms with Crippen LogP contribution in [0.5, 0.6) is 0 Å². The third-order valence-electron chi connectivity index (χ3n) is 5.08. The highest BCUT2D eigenvalue weighted by Gasteiger charge is 2.26. The maximum atomic E-state index is 12.9. The molecule has 1 aliphatic heterocycles. The Balaban J connectivity index is 1.54. The summed E-state index contributed by atoms with van der Waals surface area (Å²) in [5.41, 5.74) is 3.12. The smallest absolute Gasteiger partial charge is 0.242 e. The molecule has 1 unspecified atom stereocenters. The second-order valence-electron chi connectivity index (χ2n) is 6.65. The van der Waals surface area contributed by atoms with E-state index in [4.69, 9.17) is 0 Å². The number of carbonyl (C=O) groups is 1. The lowest BCUT2D eigenvalue weighted by molar-refractivity contribution is -0.133. The number of aryl methyl sites for hydroxylation is 1. The number of rotatable bonds is 4. The van der Waals surface area contributed by atoms with E-state index in [1.165, 1.54) is 0 Å². The molecule has 2 aromatic heterocycles. The van der Waals surface area contributed by atoms with Crippen LogP contribution in [0.1, 0.15) is 37.2 Å².